The van der Waals surface area contributed by atoms with Crippen LogP contribution in [0.4, 0.5) is 42.8 Å². The highest BCUT2D eigenvalue weighted by Gasteiger charge is 2.58. The molecule has 0 saturated heterocycles. The lowest BCUT2D eigenvalue weighted by atomic mass is 10.0. The molecule has 39 heavy (non-hydrogen) atoms. The molecule has 1 aliphatic carbocycles. The molecule has 0 radical (unpaired) electrons. The van der Waals surface area contributed by atoms with Crippen LogP contribution in [0.15, 0.2) is 42.5 Å². The average Bonchev–Trinajstić information content (AvgIpc) is 3.57. The van der Waals surface area contributed by atoms with Gasteiger partial charge >= 0.3 is 12.4 Å². The van der Waals surface area contributed by atoms with Crippen LogP contribution >= 0.6 is 22.9 Å². The number of hydrogen-bond acceptors (Lipinski definition) is 5. The quantitative estimate of drug-likeness (QED) is 0.259. The Morgan fingerprint density at radius 1 is 1.03 bits per heavy atom. The molecule has 0 unspecified atom stereocenters. The Bertz CT molecular complexity index is 1480. The summed E-state index contributed by atoms with van der Waals surface area (Å²) >= 11 is 6.54. The number of primary amides is 1. The second-order valence-electron chi connectivity index (χ2n) is 8.69. The smallest absolute Gasteiger partial charge is 0.369 e. The topological polar surface area (TPSA) is 105 Å². The number of anilines is 3. The van der Waals surface area contributed by atoms with E-state index in [0.29, 0.717) is 23.5 Å². The standard InChI is InChI=1S/C24H17ClF6N4O3S/c1-11-17(18(36)34-16-10-13(24(29,30)31)5-6-15(16)25)39-21(33-11)35(20(38)22(7-8-22)19(32)37)14-4-2-3-12(9-14)23(26,27)28/h2-6,9-10H,7-8H2,1H3,(H2,32,37)(H,34,36). The summed E-state index contributed by atoms with van der Waals surface area (Å²) < 4.78 is 79.5. The Kier molecular flexibility index (Phi) is 7.15. The van der Waals surface area contributed by atoms with Crippen LogP contribution in [0.25, 0.3) is 0 Å². The van der Waals surface area contributed by atoms with Crippen LogP contribution in [0.1, 0.15) is 39.3 Å². The Morgan fingerprint density at radius 3 is 2.21 bits per heavy atom. The van der Waals surface area contributed by atoms with E-state index in [1.807, 2.05) is 0 Å². The molecule has 0 aliphatic heterocycles. The van der Waals surface area contributed by atoms with E-state index < -0.39 is 46.6 Å². The summed E-state index contributed by atoms with van der Waals surface area (Å²) in [4.78, 5) is 43.3. The van der Waals surface area contributed by atoms with Gasteiger partial charge in [0.2, 0.25) is 11.8 Å². The van der Waals surface area contributed by atoms with Crippen LogP contribution in [-0.4, -0.2) is 22.7 Å². The molecular formula is C24H17ClF6N4O3S. The van der Waals surface area contributed by atoms with Crippen molar-refractivity contribution in [2.45, 2.75) is 32.1 Å². The van der Waals surface area contributed by atoms with Crippen LogP contribution in [0.5, 0.6) is 0 Å². The molecule has 3 amide bonds. The molecule has 4 rings (SSSR count). The van der Waals surface area contributed by atoms with E-state index >= 15 is 0 Å². The number of thiazole rings is 1. The molecule has 0 bridgehead atoms. The number of aryl methyl sites for hydroxylation is 1. The summed E-state index contributed by atoms with van der Waals surface area (Å²) in [6, 6.07) is 6.07. The number of nitrogens with one attached hydrogen (secondary N) is 1. The van der Waals surface area contributed by atoms with Crippen molar-refractivity contribution in [3.63, 3.8) is 0 Å². The van der Waals surface area contributed by atoms with Gasteiger partial charge in [-0.1, -0.05) is 29.0 Å². The first kappa shape index (κ1) is 28.4. The third-order valence-corrected chi connectivity index (χ3v) is 7.46. The maximum Gasteiger partial charge on any atom is 0.416 e. The number of carbonyl (C=O) groups excluding carboxylic acids is 3. The van der Waals surface area contributed by atoms with Gasteiger partial charge in [0.15, 0.2) is 5.13 Å². The number of benzene rings is 2. The molecular weight excluding hydrogens is 574 g/mol. The summed E-state index contributed by atoms with van der Waals surface area (Å²) in [7, 11) is 0. The largest absolute Gasteiger partial charge is 0.416 e. The van der Waals surface area contributed by atoms with Crippen molar-refractivity contribution in [3.8, 4) is 0 Å². The van der Waals surface area contributed by atoms with Gasteiger partial charge in [-0.2, -0.15) is 26.3 Å². The van der Waals surface area contributed by atoms with Gasteiger partial charge in [0.05, 0.1) is 33.2 Å². The number of carbonyl (C=O) groups is 3. The Morgan fingerprint density at radius 2 is 1.64 bits per heavy atom. The van der Waals surface area contributed by atoms with Crippen molar-refractivity contribution >= 4 is 57.2 Å². The van der Waals surface area contributed by atoms with Gasteiger partial charge in [0, 0.05) is 0 Å². The Balaban J connectivity index is 1.75. The van der Waals surface area contributed by atoms with Gasteiger partial charge < -0.3 is 11.1 Å². The number of nitrogens with zero attached hydrogens (tertiary/aromatic N) is 2. The first-order valence-corrected chi connectivity index (χ1v) is 12.2. The highest BCUT2D eigenvalue weighted by molar-refractivity contribution is 7.18. The maximum absolute atomic E-state index is 13.5. The van der Waals surface area contributed by atoms with Crippen LogP contribution in [0, 0.1) is 12.3 Å². The molecule has 1 aromatic heterocycles. The summed E-state index contributed by atoms with van der Waals surface area (Å²) in [5, 5.41) is 1.83. The number of nitrogens with two attached hydrogens (primary N) is 1. The van der Waals surface area contributed by atoms with E-state index in [1.165, 1.54) is 13.0 Å². The van der Waals surface area contributed by atoms with Crippen LogP contribution < -0.4 is 16.0 Å². The lowest BCUT2D eigenvalue weighted by Crippen LogP contribution is -2.41. The normalized spacial score (nSPS) is 14.6. The molecule has 0 atom stereocenters. The predicted molar refractivity (Wildman–Crippen MR) is 131 cm³/mol. The summed E-state index contributed by atoms with van der Waals surface area (Å²) in [5.41, 5.74) is 1.02. The van der Waals surface area contributed by atoms with Crippen molar-refractivity contribution in [1.29, 1.82) is 0 Å². The van der Waals surface area contributed by atoms with E-state index in [-0.39, 0.29) is 44.9 Å². The molecule has 3 N–H and O–H groups in total. The zero-order valence-corrected chi connectivity index (χ0v) is 21.3. The van der Waals surface area contributed by atoms with E-state index in [1.54, 1.807) is 0 Å². The van der Waals surface area contributed by atoms with Crippen molar-refractivity contribution < 1.29 is 40.7 Å². The SMILES string of the molecule is Cc1nc(N(C(=O)C2(C(N)=O)CC2)c2cccc(C(F)(F)F)c2)sc1C(=O)Nc1cc(C(F)(F)F)ccc1Cl. The molecule has 0 spiro atoms. The molecule has 3 aromatic rings. The number of rotatable bonds is 6. The third kappa shape index (κ3) is 5.57. The molecule has 1 fully saturated rings. The first-order chi connectivity index (χ1) is 18.0. The van der Waals surface area contributed by atoms with Crippen molar-refractivity contribution in [3.05, 3.63) is 69.2 Å². The van der Waals surface area contributed by atoms with Crippen LogP contribution in [0.2, 0.25) is 5.02 Å². The lowest BCUT2D eigenvalue weighted by Gasteiger charge is -2.24. The number of hydrogen-bond donors (Lipinski definition) is 2. The maximum atomic E-state index is 13.5. The molecule has 1 aliphatic rings. The van der Waals surface area contributed by atoms with E-state index in [9.17, 15) is 40.7 Å². The van der Waals surface area contributed by atoms with Crippen molar-refractivity contribution in [2.75, 3.05) is 10.2 Å². The van der Waals surface area contributed by atoms with Gasteiger partial charge in [-0.3, -0.25) is 19.3 Å². The fraction of sp³-hybridized carbons (Fsp3) is 0.250. The van der Waals surface area contributed by atoms with Gasteiger partial charge in [-0.15, -0.1) is 0 Å². The number of amides is 3. The highest BCUT2D eigenvalue weighted by atomic mass is 35.5. The minimum Gasteiger partial charge on any atom is -0.369 e. The van der Waals surface area contributed by atoms with Crippen LogP contribution in [-0.2, 0) is 21.9 Å². The van der Waals surface area contributed by atoms with Crippen LogP contribution in [0.3, 0.4) is 0 Å². The fourth-order valence-corrected chi connectivity index (χ4v) is 4.85. The van der Waals surface area contributed by atoms with E-state index in [0.717, 1.165) is 29.2 Å². The van der Waals surface area contributed by atoms with E-state index in [4.69, 9.17) is 17.3 Å². The van der Waals surface area contributed by atoms with Gasteiger partial charge in [-0.25, -0.2) is 4.98 Å². The molecule has 1 heterocycles. The van der Waals surface area contributed by atoms with Gasteiger partial charge in [0.25, 0.3) is 5.91 Å². The third-order valence-electron chi connectivity index (χ3n) is 5.99. The zero-order chi connectivity index (χ0) is 28.9. The van der Waals surface area contributed by atoms with Crippen molar-refractivity contribution in [2.24, 2.45) is 11.1 Å². The summed E-state index contributed by atoms with van der Waals surface area (Å²) in [6.07, 6.45) is -9.31. The number of aromatic nitrogens is 1. The summed E-state index contributed by atoms with van der Waals surface area (Å²) in [6.45, 7) is 1.36. The molecule has 1 saturated carbocycles. The first-order valence-electron chi connectivity index (χ1n) is 11.0. The fourth-order valence-electron chi connectivity index (χ4n) is 3.71. The number of alkyl halides is 6. The second kappa shape index (κ2) is 9.83. The van der Waals surface area contributed by atoms with Gasteiger partial charge in [0.1, 0.15) is 10.3 Å². The molecule has 2 aromatic carbocycles. The monoisotopic (exact) mass is 590 g/mol. The number of halogens is 7. The molecule has 15 heteroatoms. The Hall–Kier alpha value is -3.65. The highest BCUT2D eigenvalue weighted by Crippen LogP contribution is 2.50. The molecule has 206 valence electrons. The van der Waals surface area contributed by atoms with E-state index in [2.05, 4.69) is 10.3 Å². The van der Waals surface area contributed by atoms with Crippen molar-refractivity contribution in [1.82, 2.24) is 4.98 Å². The predicted octanol–water partition coefficient (Wildman–Crippen LogP) is 6.33. The van der Waals surface area contributed by atoms with Gasteiger partial charge in [-0.05, 0) is 56.2 Å². The minimum atomic E-state index is -4.75. The zero-order valence-electron chi connectivity index (χ0n) is 19.7. The minimum absolute atomic E-state index is 0.0179. The Labute approximate surface area is 225 Å². The molecule has 7 nitrogen and oxygen atoms in total. The second-order valence-corrected chi connectivity index (χ2v) is 10.1. The summed E-state index contributed by atoms with van der Waals surface area (Å²) in [5.74, 6) is -2.81. The lowest BCUT2D eigenvalue weighted by molar-refractivity contribution is -0.138. The average molecular weight is 591 g/mol.